The van der Waals surface area contributed by atoms with Crippen molar-refractivity contribution < 1.29 is 14.3 Å². The molecule has 2 saturated heterocycles. The lowest BCUT2D eigenvalue weighted by Gasteiger charge is -2.38. The quantitative estimate of drug-likeness (QED) is 0.762. The molecule has 2 aromatic carbocycles. The van der Waals surface area contributed by atoms with Gasteiger partial charge >= 0.3 is 0 Å². The van der Waals surface area contributed by atoms with Gasteiger partial charge in [0.05, 0.1) is 13.0 Å². The van der Waals surface area contributed by atoms with Crippen LogP contribution in [-0.2, 0) is 9.59 Å². The largest absolute Gasteiger partial charge is 0.497 e. The van der Waals surface area contributed by atoms with Gasteiger partial charge in [0.2, 0.25) is 11.8 Å². The first-order chi connectivity index (χ1) is 15.0. The molecule has 2 atom stereocenters. The van der Waals surface area contributed by atoms with Crippen molar-refractivity contribution in [1.82, 2.24) is 9.80 Å². The minimum atomic E-state index is -0.221. The molecule has 2 heterocycles. The van der Waals surface area contributed by atoms with Crippen molar-refractivity contribution >= 4 is 17.5 Å². The Balaban J connectivity index is 1.49. The molecule has 0 aliphatic carbocycles. The van der Waals surface area contributed by atoms with Gasteiger partial charge in [-0.2, -0.15) is 0 Å². The summed E-state index contributed by atoms with van der Waals surface area (Å²) in [7, 11) is 1.65. The SMILES string of the molecule is COc1cccc([C@H]2CN(C(C)=O)C[C@@H]2C(=O)N2CCN(c3ccccc3C)CC2)c1. The standard InChI is InChI=1S/C25H31N3O3/c1-18-7-4-5-10-24(18)26-11-13-27(14-12-26)25(30)23-17-28(19(2)29)16-22(23)20-8-6-9-21(15-20)31-3/h4-10,15,22-23H,11-14,16-17H2,1-3H3/t22-,23+/m1/s1. The first kappa shape index (κ1) is 21.2. The maximum absolute atomic E-state index is 13.6. The third kappa shape index (κ3) is 4.38. The number of amides is 2. The van der Waals surface area contributed by atoms with Crippen LogP contribution in [-0.4, -0.2) is 68.0 Å². The molecule has 164 valence electrons. The van der Waals surface area contributed by atoms with E-state index in [-0.39, 0.29) is 23.7 Å². The van der Waals surface area contributed by atoms with Gasteiger partial charge in [-0.05, 0) is 36.2 Å². The number of anilines is 1. The van der Waals surface area contributed by atoms with Crippen LogP contribution < -0.4 is 9.64 Å². The van der Waals surface area contributed by atoms with Crippen LogP contribution in [0, 0.1) is 12.8 Å². The highest BCUT2D eigenvalue weighted by molar-refractivity contribution is 5.83. The summed E-state index contributed by atoms with van der Waals surface area (Å²) in [6.07, 6.45) is 0. The molecule has 31 heavy (non-hydrogen) atoms. The molecule has 2 aliphatic heterocycles. The number of ether oxygens (including phenoxy) is 1. The Kier molecular flexibility index (Phi) is 6.16. The molecule has 0 spiro atoms. The number of carbonyl (C=O) groups is 2. The van der Waals surface area contributed by atoms with Gasteiger partial charge in [0.15, 0.2) is 0 Å². The smallest absolute Gasteiger partial charge is 0.228 e. The van der Waals surface area contributed by atoms with E-state index in [1.54, 1.807) is 18.9 Å². The molecule has 2 aromatic rings. The number of methoxy groups -OCH3 is 1. The fourth-order valence-corrected chi connectivity index (χ4v) is 4.84. The Bertz CT molecular complexity index is 953. The Hall–Kier alpha value is -3.02. The van der Waals surface area contributed by atoms with Crippen LogP contribution in [0.25, 0.3) is 0 Å². The van der Waals surface area contributed by atoms with Gasteiger partial charge in [-0.25, -0.2) is 0 Å². The Labute approximate surface area is 184 Å². The van der Waals surface area contributed by atoms with Gasteiger partial charge < -0.3 is 19.4 Å². The van der Waals surface area contributed by atoms with Crippen LogP contribution in [0.1, 0.15) is 24.0 Å². The van der Waals surface area contributed by atoms with Crippen molar-refractivity contribution in [2.45, 2.75) is 19.8 Å². The number of hydrogen-bond acceptors (Lipinski definition) is 4. The molecule has 0 unspecified atom stereocenters. The molecule has 2 aliphatic rings. The van der Waals surface area contributed by atoms with Crippen LogP contribution in [0.3, 0.4) is 0 Å². The zero-order valence-corrected chi connectivity index (χ0v) is 18.6. The van der Waals surface area contributed by atoms with Crippen LogP contribution in [0.2, 0.25) is 0 Å². The molecule has 0 N–H and O–H groups in total. The lowest BCUT2D eigenvalue weighted by atomic mass is 9.87. The third-order valence-electron chi connectivity index (χ3n) is 6.65. The summed E-state index contributed by atoms with van der Waals surface area (Å²) in [4.78, 5) is 31.8. The van der Waals surface area contributed by atoms with Crippen molar-refractivity contribution in [3.8, 4) is 5.75 Å². The maximum atomic E-state index is 13.6. The molecule has 0 bridgehead atoms. The van der Waals surface area contributed by atoms with Crippen molar-refractivity contribution in [3.63, 3.8) is 0 Å². The van der Waals surface area contributed by atoms with Crippen LogP contribution >= 0.6 is 0 Å². The van der Waals surface area contributed by atoms with E-state index in [2.05, 4.69) is 36.1 Å². The number of rotatable bonds is 4. The van der Waals surface area contributed by atoms with Gasteiger partial charge in [0, 0.05) is 57.8 Å². The summed E-state index contributed by atoms with van der Waals surface area (Å²) in [5.74, 6) is 0.715. The Morgan fingerprint density at radius 3 is 2.35 bits per heavy atom. The average Bonchev–Trinajstić information content (AvgIpc) is 3.25. The number of piperazine rings is 1. The second-order valence-electron chi connectivity index (χ2n) is 8.51. The summed E-state index contributed by atoms with van der Waals surface area (Å²) in [6, 6.07) is 16.3. The number of hydrogen-bond donors (Lipinski definition) is 0. The molecular formula is C25H31N3O3. The van der Waals surface area contributed by atoms with Crippen LogP contribution in [0.4, 0.5) is 5.69 Å². The zero-order chi connectivity index (χ0) is 22.0. The number of para-hydroxylation sites is 1. The molecule has 0 radical (unpaired) electrons. The van der Waals surface area contributed by atoms with E-state index in [9.17, 15) is 9.59 Å². The van der Waals surface area contributed by atoms with E-state index in [4.69, 9.17) is 4.74 Å². The van der Waals surface area contributed by atoms with Crippen LogP contribution in [0.15, 0.2) is 48.5 Å². The fourth-order valence-electron chi connectivity index (χ4n) is 4.84. The molecule has 2 amide bonds. The first-order valence-electron chi connectivity index (χ1n) is 11.0. The second kappa shape index (κ2) is 9.00. The molecule has 2 fully saturated rings. The minimum Gasteiger partial charge on any atom is -0.497 e. The number of benzene rings is 2. The van der Waals surface area contributed by atoms with E-state index >= 15 is 0 Å². The van der Waals surface area contributed by atoms with Crippen molar-refractivity contribution in [1.29, 1.82) is 0 Å². The van der Waals surface area contributed by atoms with Gasteiger partial charge in [-0.15, -0.1) is 0 Å². The van der Waals surface area contributed by atoms with E-state index in [1.807, 2.05) is 29.2 Å². The summed E-state index contributed by atoms with van der Waals surface area (Å²) in [5.41, 5.74) is 3.56. The van der Waals surface area contributed by atoms with Crippen molar-refractivity contribution in [2.75, 3.05) is 51.3 Å². The average molecular weight is 422 g/mol. The number of aryl methyl sites for hydroxylation is 1. The zero-order valence-electron chi connectivity index (χ0n) is 18.6. The topological polar surface area (TPSA) is 53.1 Å². The van der Waals surface area contributed by atoms with E-state index < -0.39 is 0 Å². The van der Waals surface area contributed by atoms with Gasteiger partial charge in [-0.1, -0.05) is 30.3 Å². The molecule has 0 saturated carbocycles. The van der Waals surface area contributed by atoms with E-state index in [0.29, 0.717) is 26.2 Å². The van der Waals surface area contributed by atoms with Crippen LogP contribution in [0.5, 0.6) is 5.75 Å². The van der Waals surface area contributed by atoms with Gasteiger partial charge in [0.1, 0.15) is 5.75 Å². The number of nitrogens with zero attached hydrogens (tertiary/aromatic N) is 3. The molecule has 0 aromatic heterocycles. The predicted octanol–water partition coefficient (Wildman–Crippen LogP) is 2.91. The molecule has 6 heteroatoms. The summed E-state index contributed by atoms with van der Waals surface area (Å²) >= 11 is 0. The normalized spacial score (nSPS) is 21.3. The summed E-state index contributed by atoms with van der Waals surface area (Å²) in [5, 5.41) is 0. The lowest BCUT2D eigenvalue weighted by Crippen LogP contribution is -2.51. The summed E-state index contributed by atoms with van der Waals surface area (Å²) < 4.78 is 5.38. The first-order valence-corrected chi connectivity index (χ1v) is 11.0. The lowest BCUT2D eigenvalue weighted by molar-refractivity contribution is -0.136. The molecule has 6 nitrogen and oxygen atoms in total. The highest BCUT2D eigenvalue weighted by Crippen LogP contribution is 2.36. The predicted molar refractivity (Wildman–Crippen MR) is 121 cm³/mol. The monoisotopic (exact) mass is 421 g/mol. The highest BCUT2D eigenvalue weighted by atomic mass is 16.5. The Morgan fingerprint density at radius 2 is 1.68 bits per heavy atom. The van der Waals surface area contributed by atoms with Gasteiger partial charge in [-0.3, -0.25) is 9.59 Å². The fraction of sp³-hybridized carbons (Fsp3) is 0.440. The number of likely N-dealkylation sites (tertiary alicyclic amines) is 1. The third-order valence-corrected chi connectivity index (χ3v) is 6.65. The van der Waals surface area contributed by atoms with E-state index in [0.717, 1.165) is 24.4 Å². The summed E-state index contributed by atoms with van der Waals surface area (Å²) in [6.45, 7) is 7.81. The highest BCUT2D eigenvalue weighted by Gasteiger charge is 2.41. The minimum absolute atomic E-state index is 0.0131. The molecule has 4 rings (SSSR count). The van der Waals surface area contributed by atoms with Crippen molar-refractivity contribution in [3.05, 3.63) is 59.7 Å². The van der Waals surface area contributed by atoms with Crippen molar-refractivity contribution in [2.24, 2.45) is 5.92 Å². The Morgan fingerprint density at radius 1 is 0.935 bits per heavy atom. The second-order valence-corrected chi connectivity index (χ2v) is 8.51. The molecular weight excluding hydrogens is 390 g/mol. The van der Waals surface area contributed by atoms with Gasteiger partial charge in [0.25, 0.3) is 0 Å². The maximum Gasteiger partial charge on any atom is 0.228 e. The number of carbonyl (C=O) groups excluding carboxylic acids is 2. The van der Waals surface area contributed by atoms with E-state index in [1.165, 1.54) is 11.3 Å².